The second-order valence-electron chi connectivity index (χ2n) is 18.7. The van der Waals surface area contributed by atoms with Gasteiger partial charge in [-0.1, -0.05) is 140 Å². The summed E-state index contributed by atoms with van der Waals surface area (Å²) in [5, 5.41) is 24.8. The molecule has 3 aliphatic heterocycles. The fourth-order valence-corrected chi connectivity index (χ4v) is 12.9. The van der Waals surface area contributed by atoms with Gasteiger partial charge in [-0.05, 0) is 99.5 Å². The standard InChI is InChI=1S/C54H70O9S2/c1-41(21-18-30-42-22-10-6-11-23-42)46(55)31-19-32-54(64-33-20-34-65-54)48(56)49-53(63-51(4,5)61-49,40-59-37-45-28-16-9-17-29-45)52(39-58-36-44-26-14-8-15-27-44)47(60-50(2,3)62-52)38-57-35-43-24-12-7-13-25-43/h6-18,22-30,41,46-49,55-56H,19-21,31-40H2,1-5H3/b30-18+/t41-,46-,47-,48-,49-,52-,53-/m1/s1. The topological polar surface area (TPSA) is 105 Å². The molecule has 11 heteroatoms. The van der Waals surface area contributed by atoms with Gasteiger partial charge in [0.05, 0.1) is 49.8 Å². The van der Waals surface area contributed by atoms with E-state index in [1.54, 1.807) is 23.5 Å². The number of allylic oxidation sites excluding steroid dienone is 1. The Morgan fingerprint density at radius 1 is 0.662 bits per heavy atom. The molecule has 4 aromatic rings. The monoisotopic (exact) mass is 926 g/mol. The zero-order chi connectivity index (χ0) is 45.8. The zero-order valence-corrected chi connectivity index (χ0v) is 40.5. The van der Waals surface area contributed by atoms with Gasteiger partial charge in [0, 0.05) is 0 Å². The lowest BCUT2D eigenvalue weighted by atomic mass is 9.73. The van der Waals surface area contributed by atoms with E-state index >= 15 is 0 Å². The van der Waals surface area contributed by atoms with Crippen molar-refractivity contribution in [2.75, 3.05) is 31.3 Å². The molecular formula is C54H70O9S2. The third-order valence-electron chi connectivity index (χ3n) is 12.6. The molecule has 2 N–H and O–H groups in total. The van der Waals surface area contributed by atoms with Crippen LogP contribution in [0.1, 0.15) is 89.0 Å². The predicted octanol–water partition coefficient (Wildman–Crippen LogP) is 10.6. The van der Waals surface area contributed by atoms with Gasteiger partial charge in [-0.15, -0.1) is 23.5 Å². The minimum absolute atomic E-state index is 0.00544. The van der Waals surface area contributed by atoms with E-state index in [-0.39, 0.29) is 25.7 Å². The number of aliphatic hydroxyl groups excluding tert-OH is 2. The lowest BCUT2D eigenvalue weighted by Crippen LogP contribution is -2.73. The van der Waals surface area contributed by atoms with Crippen molar-refractivity contribution in [3.63, 3.8) is 0 Å². The number of benzene rings is 4. The molecular weight excluding hydrogens is 857 g/mol. The highest BCUT2D eigenvalue weighted by Crippen LogP contribution is 2.58. The first-order chi connectivity index (χ1) is 31.3. The van der Waals surface area contributed by atoms with E-state index in [0.29, 0.717) is 39.1 Å². The molecule has 3 heterocycles. The van der Waals surface area contributed by atoms with Crippen LogP contribution in [0.25, 0.3) is 6.08 Å². The Kier molecular flexibility index (Phi) is 17.5. The van der Waals surface area contributed by atoms with E-state index in [4.69, 9.17) is 33.2 Å². The van der Waals surface area contributed by atoms with Crippen LogP contribution < -0.4 is 0 Å². The Hall–Kier alpha value is -3.04. The van der Waals surface area contributed by atoms with Gasteiger partial charge in [0.1, 0.15) is 18.3 Å². The normalized spacial score (nSPS) is 26.3. The smallest absolute Gasteiger partial charge is 0.164 e. The van der Waals surface area contributed by atoms with Crippen LogP contribution in [-0.4, -0.2) is 92.8 Å². The average molecular weight is 927 g/mol. The average Bonchev–Trinajstić information content (AvgIpc) is 3.76. The first-order valence-corrected chi connectivity index (χ1v) is 25.3. The summed E-state index contributed by atoms with van der Waals surface area (Å²) in [4.78, 5) is 0. The molecule has 0 unspecified atom stereocenters. The van der Waals surface area contributed by atoms with Gasteiger partial charge >= 0.3 is 0 Å². The van der Waals surface area contributed by atoms with E-state index in [1.807, 2.05) is 137 Å². The number of hydrogen-bond acceptors (Lipinski definition) is 11. The first-order valence-electron chi connectivity index (χ1n) is 23.3. The molecule has 0 spiro atoms. The second-order valence-corrected chi connectivity index (χ2v) is 21.8. The fraction of sp³-hybridized carbons (Fsp3) is 0.519. The number of aliphatic hydroxyl groups is 2. The second kappa shape index (κ2) is 22.8. The van der Waals surface area contributed by atoms with Crippen LogP contribution in [0.4, 0.5) is 0 Å². The summed E-state index contributed by atoms with van der Waals surface area (Å²) in [5.74, 6) is -0.442. The highest BCUT2D eigenvalue weighted by atomic mass is 32.2. The maximum atomic E-state index is 13.4. The van der Waals surface area contributed by atoms with Crippen LogP contribution in [-0.2, 0) is 53.0 Å². The summed E-state index contributed by atoms with van der Waals surface area (Å²) in [7, 11) is 0. The highest BCUT2D eigenvalue weighted by molar-refractivity contribution is 8.18. The molecule has 65 heavy (non-hydrogen) atoms. The summed E-state index contributed by atoms with van der Waals surface area (Å²) in [6.45, 7) is 10.8. The van der Waals surface area contributed by atoms with E-state index < -0.39 is 51.3 Å². The van der Waals surface area contributed by atoms with Crippen molar-refractivity contribution in [1.29, 1.82) is 0 Å². The molecule has 7 atom stereocenters. The lowest BCUT2D eigenvalue weighted by Gasteiger charge is -2.51. The van der Waals surface area contributed by atoms with Crippen LogP contribution in [0.5, 0.6) is 0 Å². The Morgan fingerprint density at radius 3 is 1.72 bits per heavy atom. The van der Waals surface area contributed by atoms with E-state index in [9.17, 15) is 10.2 Å². The third kappa shape index (κ3) is 12.7. The molecule has 7 rings (SSSR count). The van der Waals surface area contributed by atoms with Crippen molar-refractivity contribution in [1.82, 2.24) is 0 Å². The third-order valence-corrected chi connectivity index (χ3v) is 16.2. The van der Waals surface area contributed by atoms with Gasteiger partial charge in [-0.25, -0.2) is 0 Å². The van der Waals surface area contributed by atoms with Crippen molar-refractivity contribution in [2.24, 2.45) is 5.92 Å². The maximum Gasteiger partial charge on any atom is 0.164 e. The van der Waals surface area contributed by atoms with Gasteiger partial charge in [-0.2, -0.15) is 0 Å². The minimum atomic E-state index is -1.49. The molecule has 0 saturated carbocycles. The molecule has 4 aromatic carbocycles. The van der Waals surface area contributed by atoms with Crippen LogP contribution in [0.15, 0.2) is 127 Å². The molecule has 0 bridgehead atoms. The maximum absolute atomic E-state index is 13.4. The van der Waals surface area contributed by atoms with Crippen molar-refractivity contribution in [2.45, 2.75) is 138 Å². The van der Waals surface area contributed by atoms with Crippen LogP contribution >= 0.6 is 23.5 Å². The zero-order valence-electron chi connectivity index (χ0n) is 38.8. The Morgan fingerprint density at radius 2 is 1.15 bits per heavy atom. The SMILES string of the molecule is C[C@H](C/C=C/c1ccccc1)[C@H](O)CCCC1([C@H](O)[C@H]2OC(C)(C)O[C@@]2(COCc2ccccc2)[C@]2(COCc3ccccc3)OC(C)(C)O[C@@H]2COCc2ccccc2)SCCCS1. The van der Waals surface area contributed by atoms with Crippen molar-refractivity contribution < 1.29 is 43.4 Å². The highest BCUT2D eigenvalue weighted by Gasteiger charge is 2.75. The van der Waals surface area contributed by atoms with Gasteiger partial charge in [-0.3, -0.25) is 0 Å². The van der Waals surface area contributed by atoms with Crippen LogP contribution in [0.2, 0.25) is 0 Å². The summed E-state index contributed by atoms with van der Waals surface area (Å²) < 4.78 is 48.0. The number of rotatable bonds is 23. The molecule has 0 amide bonds. The van der Waals surface area contributed by atoms with Crippen molar-refractivity contribution >= 4 is 29.6 Å². The van der Waals surface area contributed by atoms with Crippen LogP contribution in [0, 0.1) is 5.92 Å². The molecule has 9 nitrogen and oxygen atoms in total. The van der Waals surface area contributed by atoms with Crippen molar-refractivity contribution in [3.8, 4) is 0 Å². The van der Waals surface area contributed by atoms with Gasteiger partial charge in [0.25, 0.3) is 0 Å². The van der Waals surface area contributed by atoms with Gasteiger partial charge in [0.2, 0.25) is 0 Å². The number of thioether (sulfide) groups is 2. The Bertz CT molecular complexity index is 2030. The summed E-state index contributed by atoms with van der Waals surface area (Å²) in [5.41, 5.74) is 1.28. The molecule has 0 radical (unpaired) electrons. The largest absolute Gasteiger partial charge is 0.393 e. The summed E-state index contributed by atoms with van der Waals surface area (Å²) >= 11 is 3.57. The van der Waals surface area contributed by atoms with E-state index in [1.165, 1.54) is 0 Å². The fourth-order valence-electron chi connectivity index (χ4n) is 9.45. The molecule has 352 valence electrons. The van der Waals surface area contributed by atoms with Crippen LogP contribution in [0.3, 0.4) is 0 Å². The number of ether oxygens (including phenoxy) is 7. The predicted molar refractivity (Wildman–Crippen MR) is 261 cm³/mol. The molecule has 0 aliphatic carbocycles. The van der Waals surface area contributed by atoms with E-state index in [0.717, 1.165) is 46.6 Å². The number of hydrogen-bond donors (Lipinski definition) is 2. The Balaban J connectivity index is 1.22. The molecule has 3 fully saturated rings. The Labute approximate surface area is 395 Å². The first kappa shape index (κ1) is 49.9. The van der Waals surface area contributed by atoms with Gasteiger partial charge in [0.15, 0.2) is 22.8 Å². The summed E-state index contributed by atoms with van der Waals surface area (Å²) in [6.07, 6.45) is 4.78. The molecule has 3 saturated heterocycles. The summed E-state index contributed by atoms with van der Waals surface area (Å²) in [6, 6.07) is 40.4. The molecule has 0 aromatic heterocycles. The lowest BCUT2D eigenvalue weighted by molar-refractivity contribution is -0.275. The molecule has 3 aliphatic rings. The minimum Gasteiger partial charge on any atom is -0.393 e. The van der Waals surface area contributed by atoms with Gasteiger partial charge < -0.3 is 43.4 Å². The van der Waals surface area contributed by atoms with E-state index in [2.05, 4.69) is 31.2 Å². The quantitative estimate of drug-likeness (QED) is 0.0743. The van der Waals surface area contributed by atoms with Crippen molar-refractivity contribution in [3.05, 3.63) is 150 Å².